The Morgan fingerprint density at radius 2 is 1.19 bits per heavy atom. The summed E-state index contributed by atoms with van der Waals surface area (Å²) < 4.78 is 43.2. The third-order valence-electron chi connectivity index (χ3n) is 14.6. The van der Waals surface area contributed by atoms with Crippen LogP contribution < -0.4 is 28.7 Å². The Labute approximate surface area is 433 Å². The van der Waals surface area contributed by atoms with Gasteiger partial charge in [0.25, 0.3) is 11.8 Å². The van der Waals surface area contributed by atoms with Crippen molar-refractivity contribution < 1.29 is 52.0 Å². The summed E-state index contributed by atoms with van der Waals surface area (Å²) >= 11 is 0. The Morgan fingerprint density at radius 3 is 1.76 bits per heavy atom. The highest BCUT2D eigenvalue weighted by molar-refractivity contribution is 6.74. The number of pyridine rings is 1. The van der Waals surface area contributed by atoms with E-state index >= 15 is 0 Å². The average Bonchev–Trinajstić information content (AvgIpc) is 3.58. The van der Waals surface area contributed by atoms with Crippen LogP contribution in [0.4, 0.5) is 21.0 Å². The third-order valence-corrected chi connectivity index (χ3v) is 19.1. The normalized spacial score (nSPS) is 18.0. The zero-order valence-electron chi connectivity index (χ0n) is 43.1. The predicted octanol–water partition coefficient (Wildman–Crippen LogP) is 10.0. The molecule has 4 aliphatic rings. The van der Waals surface area contributed by atoms with Crippen LogP contribution in [0.25, 0.3) is 0 Å². The zero-order chi connectivity index (χ0) is 52.5. The molecule has 0 spiro atoms. The molecule has 0 bridgehead atoms. The summed E-state index contributed by atoms with van der Waals surface area (Å²) in [5.74, 6) is 0.562. The Balaban J connectivity index is 1.01. The van der Waals surface area contributed by atoms with E-state index in [0.717, 1.165) is 22.3 Å². The lowest BCUT2D eigenvalue weighted by molar-refractivity contribution is 0.0338. The van der Waals surface area contributed by atoms with E-state index < -0.39 is 32.8 Å². The van der Waals surface area contributed by atoms with Crippen molar-refractivity contribution in [2.75, 3.05) is 43.8 Å². The van der Waals surface area contributed by atoms with Gasteiger partial charge in [0.15, 0.2) is 37.5 Å². The van der Waals surface area contributed by atoms with Crippen LogP contribution in [0.3, 0.4) is 0 Å². The van der Waals surface area contributed by atoms with Gasteiger partial charge in [0.2, 0.25) is 0 Å². The Hall–Kier alpha value is -7.63. The molecule has 0 saturated heterocycles. The maximum atomic E-state index is 15.0. The average molecular weight is 1020 g/mol. The minimum absolute atomic E-state index is 0.00910. The molecule has 4 aliphatic heterocycles. The number of methoxy groups -OCH3 is 2. The standard InChI is InChI=1S/C57H63N5O11Si/c1-10-23-69-55(65)61-33-42-25-36-17-12-14-19-38(36)31-59(42)52(63)43-27-48(67-6)50(29-45(43)61)71-34-40-21-16-22-41(58-40)35-72-51-30-46-44(28-49(51)68-7)53(64)60-32-39-20-15-13-18-37(39)26-47(60)54(62(46)56(66)70-24-11-2)73-74(8,9)57(3,4)5/h10-22,27-30,42,47,54H,1-2,23-26,31-35H2,3-9H3/t42-,47-,54?/m0/s1. The fourth-order valence-electron chi connectivity index (χ4n) is 9.73. The van der Waals surface area contributed by atoms with Gasteiger partial charge in [0.1, 0.15) is 26.4 Å². The third kappa shape index (κ3) is 10.0. The monoisotopic (exact) mass is 1020 g/mol. The second kappa shape index (κ2) is 21.1. The van der Waals surface area contributed by atoms with Crippen LogP contribution in [0, 0.1) is 0 Å². The van der Waals surface area contributed by atoms with Crippen molar-refractivity contribution in [3.05, 3.63) is 161 Å². The van der Waals surface area contributed by atoms with Crippen molar-refractivity contribution in [2.24, 2.45) is 0 Å². The molecule has 74 heavy (non-hydrogen) atoms. The fraction of sp³-hybridized carbons (Fsp3) is 0.351. The van der Waals surface area contributed by atoms with Gasteiger partial charge in [-0.05, 0) is 77.5 Å². The van der Waals surface area contributed by atoms with Crippen LogP contribution in [0.1, 0.15) is 75.1 Å². The number of fused-ring (bicyclic) bond motifs is 6. The molecule has 17 heteroatoms. The molecule has 9 rings (SSSR count). The second-order valence-corrected chi connectivity index (χ2v) is 25.0. The molecule has 5 aromatic rings. The minimum Gasteiger partial charge on any atom is -0.493 e. The lowest BCUT2D eigenvalue weighted by atomic mass is 9.93. The van der Waals surface area contributed by atoms with Crippen molar-refractivity contribution in [2.45, 2.75) is 96.4 Å². The zero-order valence-corrected chi connectivity index (χ0v) is 44.1. The van der Waals surface area contributed by atoms with Crippen molar-refractivity contribution in [3.63, 3.8) is 0 Å². The molecule has 4 aromatic carbocycles. The van der Waals surface area contributed by atoms with E-state index in [0.29, 0.717) is 48.8 Å². The van der Waals surface area contributed by atoms with Crippen LogP contribution in [0.5, 0.6) is 23.0 Å². The van der Waals surface area contributed by atoms with Crippen molar-refractivity contribution in [1.29, 1.82) is 0 Å². The largest absolute Gasteiger partial charge is 0.493 e. The van der Waals surface area contributed by atoms with E-state index in [1.54, 1.807) is 46.2 Å². The maximum Gasteiger partial charge on any atom is 0.416 e. The molecule has 0 aliphatic carbocycles. The topological polar surface area (TPSA) is 159 Å². The van der Waals surface area contributed by atoms with Crippen LogP contribution in [-0.4, -0.2) is 99.4 Å². The van der Waals surface area contributed by atoms with Crippen LogP contribution >= 0.6 is 0 Å². The number of hydrogen-bond acceptors (Lipinski definition) is 12. The SMILES string of the molecule is C=CCOC(=O)N1C[C@@H]2Cc3ccccc3CN2C(=O)c2cc(OC)c(OCc3cccc(COc4cc5c(cc4OC)C(=O)N4Cc6ccccc6C[C@H]4C(O[Si](C)(C)C(C)(C)C)N5C(=O)OCC=C)n3)cc21. The minimum atomic E-state index is -2.64. The highest BCUT2D eigenvalue weighted by Gasteiger charge is 2.51. The summed E-state index contributed by atoms with van der Waals surface area (Å²) in [5, 5.41) is -0.249. The first-order valence-corrected chi connectivity index (χ1v) is 27.6. The molecule has 0 fully saturated rings. The number of rotatable bonds is 14. The van der Waals surface area contributed by atoms with Gasteiger partial charge in [-0.15, -0.1) is 0 Å². The molecule has 1 unspecified atom stereocenters. The predicted molar refractivity (Wildman–Crippen MR) is 281 cm³/mol. The molecule has 1 aromatic heterocycles. The molecular weight excluding hydrogens is 959 g/mol. The summed E-state index contributed by atoms with van der Waals surface area (Å²) in [4.78, 5) is 69.0. The molecular formula is C57H63N5O11Si. The number of carbonyl (C=O) groups is 4. The summed E-state index contributed by atoms with van der Waals surface area (Å²) in [6.07, 6.45) is 1.75. The van der Waals surface area contributed by atoms with Gasteiger partial charge < -0.3 is 42.6 Å². The second-order valence-electron chi connectivity index (χ2n) is 20.3. The Bertz CT molecular complexity index is 3010. The van der Waals surface area contributed by atoms with Gasteiger partial charge in [0, 0.05) is 25.2 Å². The number of carbonyl (C=O) groups excluding carboxylic acids is 4. The number of anilines is 2. The fourth-order valence-corrected chi connectivity index (χ4v) is 11.0. The first-order valence-electron chi connectivity index (χ1n) is 24.7. The number of aromatic nitrogens is 1. The van der Waals surface area contributed by atoms with Crippen LogP contribution in [0.2, 0.25) is 18.1 Å². The summed E-state index contributed by atoms with van der Waals surface area (Å²) in [6, 6.07) is 27.1. The lowest BCUT2D eigenvalue weighted by Gasteiger charge is -2.47. The summed E-state index contributed by atoms with van der Waals surface area (Å²) in [6.45, 7) is 18.9. The number of nitrogens with zero attached hydrogens (tertiary/aromatic N) is 5. The first kappa shape index (κ1) is 51.3. The van der Waals surface area contributed by atoms with Gasteiger partial charge in [-0.1, -0.05) is 101 Å². The first-order chi connectivity index (χ1) is 35.5. The van der Waals surface area contributed by atoms with Crippen molar-refractivity contribution in [3.8, 4) is 23.0 Å². The Kier molecular flexibility index (Phi) is 14.6. The maximum absolute atomic E-state index is 15.0. The van der Waals surface area contributed by atoms with Crippen LogP contribution in [-0.2, 0) is 53.0 Å². The Morgan fingerprint density at radius 1 is 0.676 bits per heavy atom. The molecule has 3 atom stereocenters. The van der Waals surface area contributed by atoms with E-state index in [-0.39, 0.29) is 89.9 Å². The number of hydrogen-bond donors (Lipinski definition) is 0. The van der Waals surface area contributed by atoms with E-state index in [4.69, 9.17) is 37.8 Å². The lowest BCUT2D eigenvalue weighted by Crippen LogP contribution is -2.60. The number of amides is 4. The van der Waals surface area contributed by atoms with E-state index in [1.165, 1.54) is 36.2 Å². The highest BCUT2D eigenvalue weighted by atomic mass is 28.4. The van der Waals surface area contributed by atoms with E-state index in [1.807, 2.05) is 42.5 Å². The molecule has 386 valence electrons. The molecule has 0 N–H and O–H groups in total. The van der Waals surface area contributed by atoms with E-state index in [2.05, 4.69) is 59.2 Å². The van der Waals surface area contributed by atoms with Gasteiger partial charge >= 0.3 is 12.2 Å². The van der Waals surface area contributed by atoms with Gasteiger partial charge in [0.05, 0.1) is 66.7 Å². The molecule has 0 saturated carbocycles. The number of ether oxygens (including phenoxy) is 6. The summed E-state index contributed by atoms with van der Waals surface area (Å²) in [7, 11) is 0.338. The van der Waals surface area contributed by atoms with Gasteiger partial charge in [-0.2, -0.15) is 0 Å². The highest BCUT2D eigenvalue weighted by Crippen LogP contribution is 2.46. The molecule has 4 amide bonds. The van der Waals surface area contributed by atoms with Crippen LogP contribution in [0.15, 0.2) is 116 Å². The quantitative estimate of drug-likeness (QED) is 0.0767. The van der Waals surface area contributed by atoms with E-state index in [9.17, 15) is 19.2 Å². The molecule has 5 heterocycles. The number of benzene rings is 4. The smallest absolute Gasteiger partial charge is 0.416 e. The van der Waals surface area contributed by atoms with Gasteiger partial charge in [-0.3, -0.25) is 19.5 Å². The van der Waals surface area contributed by atoms with Gasteiger partial charge in [-0.25, -0.2) is 14.5 Å². The molecule has 0 radical (unpaired) electrons. The summed E-state index contributed by atoms with van der Waals surface area (Å²) in [5.41, 5.74) is 6.42. The van der Waals surface area contributed by atoms with Crippen molar-refractivity contribution >= 4 is 43.7 Å². The van der Waals surface area contributed by atoms with Crippen molar-refractivity contribution in [1.82, 2.24) is 14.8 Å². The molecule has 16 nitrogen and oxygen atoms in total.